The van der Waals surface area contributed by atoms with E-state index in [0.717, 1.165) is 12.1 Å². The number of hydrogen-bond donors (Lipinski definition) is 1. The quantitative estimate of drug-likeness (QED) is 0.288. The lowest BCUT2D eigenvalue weighted by atomic mass is 10.0. The van der Waals surface area contributed by atoms with Crippen molar-refractivity contribution in [2.75, 3.05) is 24.6 Å². The Morgan fingerprint density at radius 2 is 1.44 bits per heavy atom. The third-order valence-electron chi connectivity index (χ3n) is 5.34. The normalized spacial score (nSPS) is 14.4. The topological polar surface area (TPSA) is 51.2 Å². The number of rotatable bonds is 7. The van der Waals surface area contributed by atoms with Crippen molar-refractivity contribution in [3.8, 4) is 28.4 Å². The molecular formula is C26H21F10NO4. The van der Waals surface area contributed by atoms with Crippen molar-refractivity contribution in [2.45, 2.75) is 31.2 Å². The number of ether oxygens (including phenoxy) is 3. The summed E-state index contributed by atoms with van der Waals surface area (Å²) in [7, 11) is 0. The highest BCUT2D eigenvalue weighted by Gasteiger charge is 2.44. The average Bonchev–Trinajstić information content (AvgIpc) is 2.88. The Kier molecular flexibility index (Phi) is 9.84. The van der Waals surface area contributed by atoms with Crippen molar-refractivity contribution in [3.63, 3.8) is 0 Å². The number of aliphatic hydroxyl groups is 1. The van der Waals surface area contributed by atoms with Gasteiger partial charge in [0.1, 0.15) is 18.1 Å². The van der Waals surface area contributed by atoms with Crippen molar-refractivity contribution in [1.82, 2.24) is 0 Å². The van der Waals surface area contributed by atoms with Gasteiger partial charge in [0.15, 0.2) is 11.9 Å². The molecule has 0 fully saturated rings. The summed E-state index contributed by atoms with van der Waals surface area (Å²) in [6.45, 7) is -0.491. The smallest absolute Gasteiger partial charge is 0.489 e. The van der Waals surface area contributed by atoms with Crippen LogP contribution in [0.1, 0.15) is 0 Å². The van der Waals surface area contributed by atoms with E-state index in [1.165, 1.54) is 47.4 Å². The fourth-order valence-corrected chi connectivity index (χ4v) is 3.58. The lowest BCUT2D eigenvalue weighted by molar-refractivity contribution is -0.274. The van der Waals surface area contributed by atoms with Crippen LogP contribution in [0.15, 0.2) is 72.8 Å². The average molecular weight is 601 g/mol. The van der Waals surface area contributed by atoms with Gasteiger partial charge in [-0.25, -0.2) is 0 Å². The predicted molar refractivity (Wildman–Crippen MR) is 126 cm³/mol. The first-order valence-electron chi connectivity index (χ1n) is 11.6. The third-order valence-corrected chi connectivity index (χ3v) is 5.34. The van der Waals surface area contributed by atoms with Gasteiger partial charge in [-0.2, -0.15) is 30.7 Å². The molecular weight excluding hydrogens is 580 g/mol. The van der Waals surface area contributed by atoms with Gasteiger partial charge in [0.2, 0.25) is 0 Å². The zero-order valence-electron chi connectivity index (χ0n) is 20.6. The molecule has 4 rings (SSSR count). The third kappa shape index (κ3) is 9.06. The van der Waals surface area contributed by atoms with E-state index in [1.807, 2.05) is 0 Å². The summed E-state index contributed by atoms with van der Waals surface area (Å²) in [5, 5.41) is 9.36. The molecule has 0 radical (unpaired) electrons. The van der Waals surface area contributed by atoms with Crippen LogP contribution in [0.5, 0.6) is 17.2 Å². The zero-order valence-corrected chi connectivity index (χ0v) is 20.6. The first-order chi connectivity index (χ1) is 19.1. The molecule has 0 aromatic heterocycles. The molecule has 0 spiro atoms. The van der Waals surface area contributed by atoms with E-state index in [4.69, 9.17) is 4.74 Å². The Bertz CT molecular complexity index is 1270. The number of aliphatic hydroxyl groups excluding tert-OH is 1. The van der Waals surface area contributed by atoms with E-state index in [9.17, 15) is 49.0 Å². The van der Waals surface area contributed by atoms with Gasteiger partial charge in [0.25, 0.3) is 0 Å². The molecule has 1 atom stereocenters. The summed E-state index contributed by atoms with van der Waals surface area (Å²) in [6, 6.07) is 16.6. The first-order valence-corrected chi connectivity index (χ1v) is 11.6. The Balaban J connectivity index is 0.000000298. The van der Waals surface area contributed by atoms with Crippen LogP contribution in [-0.2, 0) is 0 Å². The minimum absolute atomic E-state index is 0.0628. The monoisotopic (exact) mass is 601 g/mol. The number of para-hydroxylation sites is 2. The molecule has 3 aromatic carbocycles. The van der Waals surface area contributed by atoms with Crippen LogP contribution < -0.4 is 19.1 Å². The second-order valence-corrected chi connectivity index (χ2v) is 8.36. The van der Waals surface area contributed by atoms with E-state index in [1.54, 1.807) is 18.2 Å². The summed E-state index contributed by atoms with van der Waals surface area (Å²) < 4.78 is 136. The van der Waals surface area contributed by atoms with Crippen molar-refractivity contribution in [3.05, 3.63) is 72.8 Å². The van der Waals surface area contributed by atoms with E-state index in [0.29, 0.717) is 16.8 Å². The molecule has 0 amide bonds. The number of β-amino-alcohol motifs (C(OH)–C–C–N with tert-alkyl or cyclic N) is 1. The van der Waals surface area contributed by atoms with Crippen LogP contribution in [0.2, 0.25) is 0 Å². The summed E-state index contributed by atoms with van der Waals surface area (Å²) in [5.74, 6) is -0.483. The number of alkyl halides is 10. The van der Waals surface area contributed by atoms with Crippen LogP contribution in [0.25, 0.3) is 11.1 Å². The van der Waals surface area contributed by atoms with Crippen molar-refractivity contribution in [1.29, 1.82) is 0 Å². The molecule has 1 N–H and O–H groups in total. The van der Waals surface area contributed by atoms with Gasteiger partial charge in [-0.1, -0.05) is 42.5 Å². The Labute approximate surface area is 226 Å². The van der Waals surface area contributed by atoms with Crippen molar-refractivity contribution in [2.24, 2.45) is 0 Å². The fraction of sp³-hybridized carbons (Fsp3) is 0.308. The van der Waals surface area contributed by atoms with Crippen LogP contribution >= 0.6 is 0 Å². The second-order valence-electron chi connectivity index (χ2n) is 8.36. The van der Waals surface area contributed by atoms with Gasteiger partial charge < -0.3 is 24.2 Å². The highest BCUT2D eigenvalue weighted by molar-refractivity contribution is 5.80. The van der Waals surface area contributed by atoms with E-state index >= 15 is 0 Å². The lowest BCUT2D eigenvalue weighted by Gasteiger charge is -2.34. The molecule has 0 saturated carbocycles. The van der Waals surface area contributed by atoms with Gasteiger partial charge in [0.05, 0.1) is 18.8 Å². The van der Waals surface area contributed by atoms with E-state index in [2.05, 4.69) is 9.47 Å². The molecule has 3 aromatic rings. The Morgan fingerprint density at radius 3 is 2.05 bits per heavy atom. The second kappa shape index (κ2) is 12.7. The molecule has 1 aliphatic rings. The molecule has 41 heavy (non-hydrogen) atoms. The summed E-state index contributed by atoms with van der Waals surface area (Å²) in [5.41, 5.74) is 1.06. The van der Waals surface area contributed by atoms with Gasteiger partial charge in [-0.15, -0.1) is 13.2 Å². The largest absolute Gasteiger partial charge is 0.573 e. The van der Waals surface area contributed by atoms with Crippen LogP contribution in [0, 0.1) is 0 Å². The van der Waals surface area contributed by atoms with Crippen LogP contribution in [-0.4, -0.2) is 56.0 Å². The van der Waals surface area contributed by atoms with Gasteiger partial charge in [0, 0.05) is 5.56 Å². The SMILES string of the molecule is FC(F)C(F)(F)Oc1ccccc1.OC(CN1CCOc2c(-c3cccc(OC(F)(F)F)c3)cccc21)C(F)(F)F. The van der Waals surface area contributed by atoms with Crippen molar-refractivity contribution >= 4 is 5.69 Å². The Morgan fingerprint density at radius 1 is 0.805 bits per heavy atom. The molecule has 0 saturated heterocycles. The molecule has 1 aliphatic heterocycles. The summed E-state index contributed by atoms with van der Waals surface area (Å²) >= 11 is 0. The van der Waals surface area contributed by atoms with Gasteiger partial charge >= 0.3 is 25.1 Å². The first kappa shape index (κ1) is 31.6. The Hall–Kier alpha value is -3.88. The highest BCUT2D eigenvalue weighted by Crippen LogP contribution is 2.42. The number of halogens is 10. The maximum absolute atomic E-state index is 12.7. The minimum atomic E-state index is -4.85. The minimum Gasteiger partial charge on any atom is -0.489 e. The molecule has 0 bridgehead atoms. The number of hydrogen-bond acceptors (Lipinski definition) is 5. The molecule has 0 aliphatic carbocycles. The molecule has 1 heterocycles. The fourth-order valence-electron chi connectivity index (χ4n) is 3.58. The maximum atomic E-state index is 12.7. The van der Waals surface area contributed by atoms with Crippen LogP contribution in [0.4, 0.5) is 49.6 Å². The maximum Gasteiger partial charge on any atom is 0.573 e. The lowest BCUT2D eigenvalue weighted by Crippen LogP contribution is -2.44. The molecule has 1 unspecified atom stereocenters. The number of anilines is 1. The molecule has 15 heteroatoms. The zero-order chi connectivity index (χ0) is 30.4. The van der Waals surface area contributed by atoms with Crippen molar-refractivity contribution < 1.29 is 63.2 Å². The van der Waals surface area contributed by atoms with Crippen LogP contribution in [0.3, 0.4) is 0 Å². The highest BCUT2D eigenvalue weighted by atomic mass is 19.4. The van der Waals surface area contributed by atoms with E-state index < -0.39 is 43.5 Å². The predicted octanol–water partition coefficient (Wildman–Crippen LogP) is 7.30. The van der Waals surface area contributed by atoms with E-state index in [-0.39, 0.29) is 24.7 Å². The summed E-state index contributed by atoms with van der Waals surface area (Å²) in [6.07, 6.45) is -20.4. The summed E-state index contributed by atoms with van der Waals surface area (Å²) in [4.78, 5) is 1.33. The van der Waals surface area contributed by atoms with Gasteiger partial charge in [-0.05, 0) is 35.9 Å². The molecule has 5 nitrogen and oxygen atoms in total. The standard InChI is InChI=1S/C18H15F6NO3.C8H6F4O/c19-17(20,21)15(26)10-25-7-8-27-16-13(5-2-6-14(16)25)11-3-1-4-12(9-11)28-18(22,23)24;9-7(10)8(11,12)13-6-4-2-1-3-5-6/h1-6,9,15,26H,7-8,10H2;1-5,7H. The number of nitrogens with zero attached hydrogens (tertiary/aromatic N) is 1. The molecule has 224 valence electrons. The number of fused-ring (bicyclic) bond motifs is 1. The number of benzene rings is 3. The van der Waals surface area contributed by atoms with Gasteiger partial charge in [-0.3, -0.25) is 0 Å².